The van der Waals surface area contributed by atoms with Gasteiger partial charge in [0.15, 0.2) is 0 Å². The van der Waals surface area contributed by atoms with Gasteiger partial charge in [0.1, 0.15) is 0 Å². The minimum absolute atomic E-state index is 0.318. The third-order valence-electron chi connectivity index (χ3n) is 2.52. The number of halogens is 1. The van der Waals surface area contributed by atoms with Crippen molar-refractivity contribution >= 4 is 11.6 Å². The molecule has 1 N–H and O–H groups in total. The average Bonchev–Trinajstić information content (AvgIpc) is 2.18. The zero-order valence-corrected chi connectivity index (χ0v) is 9.81. The molecule has 1 aromatic carbocycles. The monoisotopic (exact) mass is 211 g/mol. The van der Waals surface area contributed by atoms with E-state index in [1.165, 1.54) is 5.56 Å². The molecule has 0 unspecified atom stereocenters. The molecule has 0 heterocycles. The van der Waals surface area contributed by atoms with Crippen LogP contribution in [0.1, 0.15) is 38.8 Å². The Labute approximate surface area is 91.5 Å². The quantitative estimate of drug-likeness (QED) is 0.799. The Bertz CT molecular complexity index is 285. The summed E-state index contributed by atoms with van der Waals surface area (Å²) in [6.45, 7) is 6.51. The molecule has 0 spiro atoms. The second-order valence-corrected chi connectivity index (χ2v) is 4.13. The summed E-state index contributed by atoms with van der Waals surface area (Å²) < 4.78 is 0. The van der Waals surface area contributed by atoms with Gasteiger partial charge in [-0.25, -0.2) is 0 Å². The van der Waals surface area contributed by atoms with Gasteiger partial charge in [-0.3, -0.25) is 0 Å². The van der Waals surface area contributed by atoms with E-state index in [0.717, 1.165) is 11.4 Å². The minimum atomic E-state index is 0.318. The standard InChI is InChI=1S/C12H18ClN/c1-4-9(2)14-10(3)11-7-5-6-8-12(11)13/h5-10,14H,4H2,1-3H3/t9-,10-/m1/s1. The van der Waals surface area contributed by atoms with E-state index in [-0.39, 0.29) is 0 Å². The van der Waals surface area contributed by atoms with E-state index in [4.69, 9.17) is 11.6 Å². The lowest BCUT2D eigenvalue weighted by molar-refractivity contribution is 0.469. The summed E-state index contributed by atoms with van der Waals surface area (Å²) in [5.74, 6) is 0. The largest absolute Gasteiger partial charge is 0.308 e. The van der Waals surface area contributed by atoms with Crippen LogP contribution >= 0.6 is 11.6 Å². The van der Waals surface area contributed by atoms with Gasteiger partial charge < -0.3 is 5.32 Å². The third kappa shape index (κ3) is 3.00. The molecule has 0 aliphatic rings. The third-order valence-corrected chi connectivity index (χ3v) is 2.86. The first-order valence-electron chi connectivity index (χ1n) is 5.15. The molecule has 1 nitrogen and oxygen atoms in total. The molecule has 0 fully saturated rings. The molecule has 14 heavy (non-hydrogen) atoms. The maximum Gasteiger partial charge on any atom is 0.0453 e. The molecular weight excluding hydrogens is 194 g/mol. The fraction of sp³-hybridized carbons (Fsp3) is 0.500. The molecule has 0 aromatic heterocycles. The van der Waals surface area contributed by atoms with Crippen molar-refractivity contribution in [2.24, 2.45) is 0 Å². The Hall–Kier alpha value is -0.530. The molecule has 1 rings (SSSR count). The van der Waals surface area contributed by atoms with Crippen LogP contribution in [-0.2, 0) is 0 Å². The first kappa shape index (κ1) is 11.5. The van der Waals surface area contributed by atoms with Gasteiger partial charge in [-0.15, -0.1) is 0 Å². The van der Waals surface area contributed by atoms with Crippen LogP contribution in [0.2, 0.25) is 5.02 Å². The van der Waals surface area contributed by atoms with Crippen LogP contribution in [0.4, 0.5) is 0 Å². The molecule has 2 heteroatoms. The SMILES string of the molecule is CC[C@@H](C)N[C@H](C)c1ccccc1Cl. The second-order valence-electron chi connectivity index (χ2n) is 3.72. The molecule has 1 aromatic rings. The maximum absolute atomic E-state index is 6.11. The van der Waals surface area contributed by atoms with Gasteiger partial charge in [0.25, 0.3) is 0 Å². The van der Waals surface area contributed by atoms with Gasteiger partial charge in [-0.2, -0.15) is 0 Å². The molecule has 0 aliphatic heterocycles. The Morgan fingerprint density at radius 3 is 2.50 bits per heavy atom. The summed E-state index contributed by atoms with van der Waals surface area (Å²) in [5.41, 5.74) is 1.18. The zero-order chi connectivity index (χ0) is 10.6. The van der Waals surface area contributed by atoms with Gasteiger partial charge in [-0.1, -0.05) is 36.7 Å². The highest BCUT2D eigenvalue weighted by atomic mass is 35.5. The Kier molecular flexibility index (Phi) is 4.43. The lowest BCUT2D eigenvalue weighted by atomic mass is 10.1. The number of hydrogen-bond acceptors (Lipinski definition) is 1. The molecule has 0 bridgehead atoms. The van der Waals surface area contributed by atoms with E-state index in [1.54, 1.807) is 0 Å². The Balaban J connectivity index is 2.69. The van der Waals surface area contributed by atoms with E-state index in [0.29, 0.717) is 12.1 Å². The maximum atomic E-state index is 6.11. The summed E-state index contributed by atoms with van der Waals surface area (Å²) in [4.78, 5) is 0. The van der Waals surface area contributed by atoms with E-state index >= 15 is 0 Å². The van der Waals surface area contributed by atoms with Crippen molar-refractivity contribution in [1.29, 1.82) is 0 Å². The first-order valence-corrected chi connectivity index (χ1v) is 5.53. The van der Waals surface area contributed by atoms with Crippen molar-refractivity contribution in [3.05, 3.63) is 34.9 Å². The summed E-state index contributed by atoms with van der Waals surface area (Å²) >= 11 is 6.11. The molecule has 0 saturated heterocycles. The number of nitrogens with one attached hydrogen (secondary N) is 1. The smallest absolute Gasteiger partial charge is 0.0453 e. The summed E-state index contributed by atoms with van der Waals surface area (Å²) in [5, 5.41) is 4.35. The second kappa shape index (κ2) is 5.38. The van der Waals surface area contributed by atoms with Gasteiger partial charge >= 0.3 is 0 Å². The van der Waals surface area contributed by atoms with E-state index < -0.39 is 0 Å². The van der Waals surface area contributed by atoms with Crippen molar-refractivity contribution in [2.75, 3.05) is 0 Å². The predicted octanol–water partition coefficient (Wildman–Crippen LogP) is 3.79. The van der Waals surface area contributed by atoms with E-state index in [2.05, 4.69) is 32.2 Å². The fourth-order valence-electron chi connectivity index (χ4n) is 1.46. The van der Waals surface area contributed by atoms with Crippen molar-refractivity contribution < 1.29 is 0 Å². The first-order chi connectivity index (χ1) is 6.65. The lowest BCUT2D eigenvalue weighted by Gasteiger charge is -2.19. The lowest BCUT2D eigenvalue weighted by Crippen LogP contribution is -2.28. The van der Waals surface area contributed by atoms with Crippen LogP contribution in [0.5, 0.6) is 0 Å². The molecule has 0 radical (unpaired) electrons. The van der Waals surface area contributed by atoms with Gasteiger partial charge in [0, 0.05) is 17.1 Å². The van der Waals surface area contributed by atoms with Crippen LogP contribution in [0.15, 0.2) is 24.3 Å². The summed E-state index contributed by atoms with van der Waals surface area (Å²) in [6, 6.07) is 8.84. The molecular formula is C12H18ClN. The Morgan fingerprint density at radius 2 is 1.93 bits per heavy atom. The zero-order valence-electron chi connectivity index (χ0n) is 9.05. The van der Waals surface area contributed by atoms with Gasteiger partial charge in [0.2, 0.25) is 0 Å². The highest BCUT2D eigenvalue weighted by Crippen LogP contribution is 2.22. The van der Waals surface area contributed by atoms with Crippen LogP contribution in [-0.4, -0.2) is 6.04 Å². The number of benzene rings is 1. The minimum Gasteiger partial charge on any atom is -0.308 e. The summed E-state index contributed by atoms with van der Waals surface area (Å²) in [6.07, 6.45) is 1.13. The average molecular weight is 212 g/mol. The highest BCUT2D eigenvalue weighted by Gasteiger charge is 2.10. The number of rotatable bonds is 4. The van der Waals surface area contributed by atoms with Crippen LogP contribution in [0.3, 0.4) is 0 Å². The van der Waals surface area contributed by atoms with E-state index in [1.807, 2.05) is 18.2 Å². The van der Waals surface area contributed by atoms with Crippen molar-refractivity contribution in [3.8, 4) is 0 Å². The van der Waals surface area contributed by atoms with Gasteiger partial charge in [0.05, 0.1) is 0 Å². The number of hydrogen-bond donors (Lipinski definition) is 1. The van der Waals surface area contributed by atoms with Crippen molar-refractivity contribution in [2.45, 2.75) is 39.3 Å². The van der Waals surface area contributed by atoms with Crippen molar-refractivity contribution in [3.63, 3.8) is 0 Å². The highest BCUT2D eigenvalue weighted by molar-refractivity contribution is 6.31. The fourth-order valence-corrected chi connectivity index (χ4v) is 1.76. The topological polar surface area (TPSA) is 12.0 Å². The van der Waals surface area contributed by atoms with Crippen LogP contribution in [0.25, 0.3) is 0 Å². The molecule has 78 valence electrons. The normalized spacial score (nSPS) is 15.1. The van der Waals surface area contributed by atoms with E-state index in [9.17, 15) is 0 Å². The van der Waals surface area contributed by atoms with Gasteiger partial charge in [-0.05, 0) is 31.9 Å². The Morgan fingerprint density at radius 1 is 1.29 bits per heavy atom. The van der Waals surface area contributed by atoms with Crippen molar-refractivity contribution in [1.82, 2.24) is 5.32 Å². The summed E-state index contributed by atoms with van der Waals surface area (Å²) in [7, 11) is 0. The van der Waals surface area contributed by atoms with Crippen LogP contribution in [0, 0.1) is 0 Å². The molecule has 0 aliphatic carbocycles. The predicted molar refractivity (Wildman–Crippen MR) is 62.8 cm³/mol. The molecule has 2 atom stereocenters. The van der Waals surface area contributed by atoms with Crippen LogP contribution < -0.4 is 5.32 Å². The molecule has 0 amide bonds. The molecule has 0 saturated carbocycles.